The van der Waals surface area contributed by atoms with Crippen molar-refractivity contribution >= 4 is 11.9 Å². The lowest BCUT2D eigenvalue weighted by molar-refractivity contribution is 0.0482. The Morgan fingerprint density at radius 2 is 1.07 bits per heavy atom. The molecular formula is C23H37NO4. The number of aromatic nitrogens is 1. The van der Waals surface area contributed by atoms with Crippen LogP contribution in [0.15, 0.2) is 18.2 Å². The summed E-state index contributed by atoms with van der Waals surface area (Å²) in [4.78, 5) is 28.3. The molecule has 0 spiro atoms. The fourth-order valence-corrected chi connectivity index (χ4v) is 2.90. The number of pyridine rings is 1. The fraction of sp³-hybridized carbons (Fsp3) is 0.696. The lowest BCUT2D eigenvalue weighted by atomic mass is 10.1. The highest BCUT2D eigenvalue weighted by molar-refractivity contribution is 5.91. The number of ether oxygens (including phenoxy) is 2. The Kier molecular flexibility index (Phi) is 13.9. The van der Waals surface area contributed by atoms with E-state index in [1.807, 2.05) is 0 Å². The molecule has 0 bridgehead atoms. The molecule has 0 saturated carbocycles. The van der Waals surface area contributed by atoms with Crippen molar-refractivity contribution in [2.75, 3.05) is 13.2 Å². The van der Waals surface area contributed by atoms with Gasteiger partial charge in [0.2, 0.25) is 0 Å². The zero-order valence-electron chi connectivity index (χ0n) is 17.7. The lowest BCUT2D eigenvalue weighted by Crippen LogP contribution is -2.13. The van der Waals surface area contributed by atoms with Crippen LogP contribution in [0.3, 0.4) is 0 Å². The van der Waals surface area contributed by atoms with Crippen molar-refractivity contribution in [2.45, 2.75) is 90.9 Å². The molecule has 0 radical (unpaired) electrons. The minimum absolute atomic E-state index is 0.152. The van der Waals surface area contributed by atoms with Gasteiger partial charge in [0.05, 0.1) is 13.2 Å². The number of esters is 2. The highest BCUT2D eigenvalue weighted by atomic mass is 16.5. The Morgan fingerprint density at radius 3 is 1.50 bits per heavy atom. The van der Waals surface area contributed by atoms with Crippen LogP contribution in [-0.4, -0.2) is 30.1 Å². The summed E-state index contributed by atoms with van der Waals surface area (Å²) in [5, 5.41) is 0. The lowest BCUT2D eigenvalue weighted by Gasteiger charge is -2.07. The van der Waals surface area contributed by atoms with E-state index in [1.165, 1.54) is 44.9 Å². The first kappa shape index (κ1) is 24.1. The van der Waals surface area contributed by atoms with Gasteiger partial charge in [0.1, 0.15) is 11.4 Å². The summed E-state index contributed by atoms with van der Waals surface area (Å²) >= 11 is 0. The Morgan fingerprint density at radius 1 is 0.679 bits per heavy atom. The van der Waals surface area contributed by atoms with Crippen molar-refractivity contribution in [1.82, 2.24) is 4.98 Å². The predicted octanol–water partition coefficient (Wildman–Crippen LogP) is 6.12. The zero-order chi connectivity index (χ0) is 20.5. The third-order valence-corrected chi connectivity index (χ3v) is 4.63. The van der Waals surface area contributed by atoms with Crippen molar-refractivity contribution < 1.29 is 19.1 Å². The summed E-state index contributed by atoms with van der Waals surface area (Å²) in [6.07, 6.45) is 13.6. The van der Waals surface area contributed by atoms with Crippen LogP contribution >= 0.6 is 0 Å². The van der Waals surface area contributed by atoms with Gasteiger partial charge >= 0.3 is 11.9 Å². The van der Waals surface area contributed by atoms with Gasteiger partial charge in [-0.1, -0.05) is 84.1 Å². The molecule has 0 fully saturated rings. The summed E-state index contributed by atoms with van der Waals surface area (Å²) in [5.74, 6) is -0.975. The van der Waals surface area contributed by atoms with Crippen molar-refractivity contribution in [2.24, 2.45) is 0 Å². The van der Waals surface area contributed by atoms with Crippen molar-refractivity contribution in [3.63, 3.8) is 0 Å². The summed E-state index contributed by atoms with van der Waals surface area (Å²) < 4.78 is 10.5. The van der Waals surface area contributed by atoms with Crippen LogP contribution < -0.4 is 0 Å². The number of nitrogens with zero attached hydrogens (tertiary/aromatic N) is 1. The number of hydrogen-bond donors (Lipinski definition) is 0. The Hall–Kier alpha value is -1.91. The van der Waals surface area contributed by atoms with Crippen molar-refractivity contribution in [3.8, 4) is 0 Å². The van der Waals surface area contributed by atoms with Crippen LogP contribution in [0.5, 0.6) is 0 Å². The highest BCUT2D eigenvalue weighted by Gasteiger charge is 2.14. The van der Waals surface area contributed by atoms with Gasteiger partial charge in [-0.2, -0.15) is 0 Å². The maximum absolute atomic E-state index is 12.1. The van der Waals surface area contributed by atoms with E-state index in [9.17, 15) is 9.59 Å². The van der Waals surface area contributed by atoms with Gasteiger partial charge in [0.15, 0.2) is 0 Å². The van der Waals surface area contributed by atoms with Crippen LogP contribution in [0.25, 0.3) is 0 Å². The molecule has 0 saturated heterocycles. The predicted molar refractivity (Wildman–Crippen MR) is 112 cm³/mol. The van der Waals surface area contributed by atoms with E-state index in [2.05, 4.69) is 18.8 Å². The topological polar surface area (TPSA) is 65.5 Å². The number of carbonyl (C=O) groups excluding carboxylic acids is 2. The quantitative estimate of drug-likeness (QED) is 0.251. The first-order valence-electron chi connectivity index (χ1n) is 11.0. The fourth-order valence-electron chi connectivity index (χ4n) is 2.90. The van der Waals surface area contributed by atoms with Gasteiger partial charge in [-0.25, -0.2) is 14.6 Å². The molecule has 0 aliphatic heterocycles. The van der Waals surface area contributed by atoms with E-state index >= 15 is 0 Å². The summed E-state index contributed by atoms with van der Waals surface area (Å²) in [5.41, 5.74) is 0.305. The van der Waals surface area contributed by atoms with E-state index in [4.69, 9.17) is 9.47 Å². The molecule has 1 heterocycles. The maximum Gasteiger partial charge on any atom is 0.356 e. The van der Waals surface area contributed by atoms with Gasteiger partial charge in [0.25, 0.3) is 0 Å². The molecule has 28 heavy (non-hydrogen) atoms. The van der Waals surface area contributed by atoms with Crippen molar-refractivity contribution in [3.05, 3.63) is 29.6 Å². The second kappa shape index (κ2) is 16.1. The Balaban J connectivity index is 2.27. The molecular weight excluding hydrogens is 354 g/mol. The SMILES string of the molecule is CCCCCCCCCOC(=O)c1cccc(C(=O)OCCCCCCC)n1. The summed E-state index contributed by atoms with van der Waals surface area (Å²) in [7, 11) is 0. The molecule has 0 aliphatic rings. The molecule has 1 aromatic heterocycles. The van der Waals surface area contributed by atoms with Crippen LogP contribution in [0.2, 0.25) is 0 Å². The molecule has 0 atom stereocenters. The minimum Gasteiger partial charge on any atom is -0.461 e. The number of hydrogen-bond acceptors (Lipinski definition) is 5. The monoisotopic (exact) mass is 391 g/mol. The smallest absolute Gasteiger partial charge is 0.356 e. The minimum atomic E-state index is -0.489. The van der Waals surface area contributed by atoms with Gasteiger partial charge in [-0.15, -0.1) is 0 Å². The molecule has 1 rings (SSSR count). The summed E-state index contributed by atoms with van der Waals surface area (Å²) in [6.45, 7) is 5.15. The van der Waals surface area contributed by atoms with E-state index in [1.54, 1.807) is 18.2 Å². The van der Waals surface area contributed by atoms with Crippen LogP contribution in [0.1, 0.15) is 112 Å². The highest BCUT2D eigenvalue weighted by Crippen LogP contribution is 2.09. The molecule has 1 aromatic rings. The molecule has 0 unspecified atom stereocenters. The second-order valence-corrected chi connectivity index (χ2v) is 7.22. The van der Waals surface area contributed by atoms with E-state index in [0.29, 0.717) is 13.2 Å². The van der Waals surface area contributed by atoms with Crippen LogP contribution in [-0.2, 0) is 9.47 Å². The Bertz CT molecular complexity index is 559. The molecule has 0 aromatic carbocycles. The van der Waals surface area contributed by atoms with E-state index < -0.39 is 11.9 Å². The normalized spacial score (nSPS) is 10.6. The average molecular weight is 392 g/mol. The number of rotatable bonds is 16. The van der Waals surface area contributed by atoms with Gasteiger partial charge in [-0.3, -0.25) is 0 Å². The molecule has 0 N–H and O–H groups in total. The Labute approximate surface area is 170 Å². The number of unbranched alkanes of at least 4 members (excludes halogenated alkanes) is 10. The van der Waals surface area contributed by atoms with Gasteiger partial charge < -0.3 is 9.47 Å². The first-order valence-corrected chi connectivity index (χ1v) is 11.0. The van der Waals surface area contributed by atoms with E-state index in [-0.39, 0.29) is 11.4 Å². The van der Waals surface area contributed by atoms with E-state index in [0.717, 1.165) is 32.1 Å². The third kappa shape index (κ3) is 11.1. The summed E-state index contributed by atoms with van der Waals surface area (Å²) in [6, 6.07) is 4.76. The van der Waals surface area contributed by atoms with Gasteiger partial charge in [0, 0.05) is 0 Å². The van der Waals surface area contributed by atoms with Crippen molar-refractivity contribution in [1.29, 1.82) is 0 Å². The molecule has 5 heteroatoms. The molecule has 5 nitrogen and oxygen atoms in total. The van der Waals surface area contributed by atoms with Crippen LogP contribution in [0.4, 0.5) is 0 Å². The molecule has 0 aliphatic carbocycles. The largest absolute Gasteiger partial charge is 0.461 e. The maximum atomic E-state index is 12.1. The third-order valence-electron chi connectivity index (χ3n) is 4.63. The standard InChI is InChI=1S/C23H37NO4/c1-3-5-7-9-10-12-14-19-28-23(26)21-17-15-16-20(24-21)22(25)27-18-13-11-8-6-4-2/h15-17H,3-14,18-19H2,1-2H3. The zero-order valence-corrected chi connectivity index (χ0v) is 17.7. The van der Waals surface area contributed by atoms with Crippen LogP contribution in [0, 0.1) is 0 Å². The molecule has 158 valence electrons. The first-order chi connectivity index (χ1) is 13.7. The average Bonchev–Trinajstić information content (AvgIpc) is 2.72. The number of carbonyl (C=O) groups is 2. The van der Waals surface area contributed by atoms with Gasteiger partial charge in [-0.05, 0) is 25.0 Å². The molecule has 0 amide bonds. The second-order valence-electron chi connectivity index (χ2n) is 7.22.